The molecule has 0 aliphatic rings. The number of carbonyl (C=O) groups is 1. The lowest BCUT2D eigenvalue weighted by Crippen LogP contribution is -2.14. The van der Waals surface area contributed by atoms with E-state index in [0.717, 1.165) is 28.6 Å². The zero-order chi connectivity index (χ0) is 18.8. The van der Waals surface area contributed by atoms with Crippen LogP contribution in [0.15, 0.2) is 66.7 Å². The molecular weight excluding hydrogens is 336 g/mol. The van der Waals surface area contributed by atoms with Gasteiger partial charge in [0.05, 0.1) is 18.5 Å². The number of primary amides is 1. The SMILES string of the molecule is Cc1ccc2c(c1)c1c(OCCC(N)=O)cccc1n2Cc1ccccc1. The molecule has 0 fully saturated rings. The Bertz CT molecular complexity index is 1110. The summed E-state index contributed by atoms with van der Waals surface area (Å²) in [6.45, 7) is 3.16. The highest BCUT2D eigenvalue weighted by Gasteiger charge is 2.15. The molecule has 0 atom stereocenters. The summed E-state index contributed by atoms with van der Waals surface area (Å²) < 4.78 is 8.25. The Morgan fingerprint density at radius 3 is 2.59 bits per heavy atom. The Hall–Kier alpha value is -3.27. The first-order chi connectivity index (χ1) is 13.1. The molecule has 3 aromatic carbocycles. The molecule has 27 heavy (non-hydrogen) atoms. The summed E-state index contributed by atoms with van der Waals surface area (Å²) in [4.78, 5) is 11.1. The summed E-state index contributed by atoms with van der Waals surface area (Å²) in [7, 11) is 0. The van der Waals surface area contributed by atoms with Gasteiger partial charge in [0.2, 0.25) is 5.91 Å². The first-order valence-electron chi connectivity index (χ1n) is 9.10. The minimum atomic E-state index is -0.357. The molecule has 4 rings (SSSR count). The van der Waals surface area contributed by atoms with E-state index in [9.17, 15) is 4.79 Å². The summed E-state index contributed by atoms with van der Waals surface area (Å²) in [6.07, 6.45) is 0.206. The molecule has 0 bridgehead atoms. The molecule has 0 radical (unpaired) electrons. The highest BCUT2D eigenvalue weighted by atomic mass is 16.5. The van der Waals surface area contributed by atoms with Crippen LogP contribution in [0, 0.1) is 6.92 Å². The number of hydrogen-bond donors (Lipinski definition) is 1. The molecule has 4 aromatic rings. The van der Waals surface area contributed by atoms with E-state index in [1.54, 1.807) is 0 Å². The molecule has 4 nitrogen and oxygen atoms in total. The highest BCUT2D eigenvalue weighted by Crippen LogP contribution is 2.36. The minimum absolute atomic E-state index is 0.206. The molecule has 0 saturated heterocycles. The van der Waals surface area contributed by atoms with Crippen molar-refractivity contribution in [2.75, 3.05) is 6.61 Å². The van der Waals surface area contributed by atoms with Gasteiger partial charge in [-0.25, -0.2) is 0 Å². The lowest BCUT2D eigenvalue weighted by atomic mass is 10.1. The fraction of sp³-hybridized carbons (Fsp3) is 0.174. The summed E-state index contributed by atoms with van der Waals surface area (Å²) in [5.74, 6) is 0.431. The number of nitrogens with two attached hydrogens (primary N) is 1. The maximum atomic E-state index is 11.1. The van der Waals surface area contributed by atoms with Gasteiger partial charge in [0, 0.05) is 22.8 Å². The van der Waals surface area contributed by atoms with Gasteiger partial charge in [-0.3, -0.25) is 4.79 Å². The van der Waals surface area contributed by atoms with Crippen molar-refractivity contribution in [3.05, 3.63) is 77.9 Å². The average molecular weight is 358 g/mol. The van der Waals surface area contributed by atoms with Crippen molar-refractivity contribution in [3.63, 3.8) is 0 Å². The molecular formula is C23H22N2O2. The number of hydrogen-bond acceptors (Lipinski definition) is 2. The Labute approximate surface area is 158 Å². The fourth-order valence-corrected chi connectivity index (χ4v) is 3.55. The molecule has 0 aliphatic carbocycles. The zero-order valence-corrected chi connectivity index (χ0v) is 15.3. The number of carbonyl (C=O) groups excluding carboxylic acids is 1. The normalized spacial score (nSPS) is 11.1. The minimum Gasteiger partial charge on any atom is -0.492 e. The Balaban J connectivity index is 1.88. The van der Waals surface area contributed by atoms with Crippen LogP contribution in [-0.4, -0.2) is 17.1 Å². The first-order valence-corrected chi connectivity index (χ1v) is 9.10. The molecule has 2 N–H and O–H groups in total. The molecule has 4 heteroatoms. The van der Waals surface area contributed by atoms with Crippen LogP contribution in [-0.2, 0) is 11.3 Å². The first kappa shape index (κ1) is 17.2. The Morgan fingerprint density at radius 1 is 1.00 bits per heavy atom. The van der Waals surface area contributed by atoms with Crippen molar-refractivity contribution in [1.29, 1.82) is 0 Å². The maximum Gasteiger partial charge on any atom is 0.220 e. The van der Waals surface area contributed by atoms with Gasteiger partial charge >= 0.3 is 0 Å². The van der Waals surface area contributed by atoms with E-state index >= 15 is 0 Å². The van der Waals surface area contributed by atoms with Gasteiger partial charge in [0.25, 0.3) is 0 Å². The molecule has 1 aromatic heterocycles. The quantitative estimate of drug-likeness (QED) is 0.555. The van der Waals surface area contributed by atoms with Gasteiger partial charge in [0.1, 0.15) is 5.75 Å². The molecule has 1 heterocycles. The van der Waals surface area contributed by atoms with Crippen molar-refractivity contribution >= 4 is 27.7 Å². The molecule has 0 spiro atoms. The van der Waals surface area contributed by atoms with E-state index in [-0.39, 0.29) is 18.9 Å². The van der Waals surface area contributed by atoms with Crippen LogP contribution in [0.1, 0.15) is 17.5 Å². The number of amides is 1. The molecule has 0 unspecified atom stereocenters. The van der Waals surface area contributed by atoms with Crippen LogP contribution in [0.3, 0.4) is 0 Å². The third kappa shape index (κ3) is 3.38. The van der Waals surface area contributed by atoms with Crippen LogP contribution in [0.2, 0.25) is 0 Å². The van der Waals surface area contributed by atoms with E-state index in [4.69, 9.17) is 10.5 Å². The topological polar surface area (TPSA) is 57.2 Å². The third-order valence-electron chi connectivity index (χ3n) is 4.80. The van der Waals surface area contributed by atoms with Gasteiger partial charge in [0.15, 0.2) is 0 Å². The van der Waals surface area contributed by atoms with Crippen molar-refractivity contribution in [1.82, 2.24) is 4.57 Å². The second-order valence-corrected chi connectivity index (χ2v) is 6.81. The van der Waals surface area contributed by atoms with Gasteiger partial charge < -0.3 is 15.0 Å². The summed E-state index contributed by atoms with van der Waals surface area (Å²) >= 11 is 0. The predicted molar refractivity (Wildman–Crippen MR) is 109 cm³/mol. The van der Waals surface area contributed by atoms with E-state index in [1.807, 2.05) is 18.2 Å². The van der Waals surface area contributed by atoms with Gasteiger partial charge in [-0.15, -0.1) is 0 Å². The van der Waals surface area contributed by atoms with Gasteiger partial charge in [-0.2, -0.15) is 0 Å². The van der Waals surface area contributed by atoms with Crippen molar-refractivity contribution < 1.29 is 9.53 Å². The standard InChI is InChI=1S/C23H22N2O2/c1-16-10-11-19-18(14-16)23-20(25(19)15-17-6-3-2-4-7-17)8-5-9-21(23)27-13-12-22(24)26/h2-11,14H,12-13,15H2,1H3,(H2,24,26). The van der Waals surface area contributed by atoms with Crippen molar-refractivity contribution in [2.24, 2.45) is 5.73 Å². The fourth-order valence-electron chi connectivity index (χ4n) is 3.55. The average Bonchev–Trinajstić information content (AvgIpc) is 2.96. The molecule has 0 aliphatic heterocycles. The summed E-state index contributed by atoms with van der Waals surface area (Å²) in [5.41, 5.74) is 9.99. The number of nitrogens with zero attached hydrogens (tertiary/aromatic N) is 1. The van der Waals surface area contributed by atoms with Gasteiger partial charge in [-0.05, 0) is 36.8 Å². The van der Waals surface area contributed by atoms with Crippen LogP contribution in [0.5, 0.6) is 5.75 Å². The van der Waals surface area contributed by atoms with E-state index in [2.05, 4.69) is 60.0 Å². The number of fused-ring (bicyclic) bond motifs is 3. The van der Waals surface area contributed by atoms with E-state index in [1.165, 1.54) is 16.6 Å². The third-order valence-corrected chi connectivity index (χ3v) is 4.80. The van der Waals surface area contributed by atoms with Gasteiger partial charge in [-0.1, -0.05) is 48.0 Å². The smallest absolute Gasteiger partial charge is 0.220 e. The van der Waals surface area contributed by atoms with Crippen LogP contribution in [0.4, 0.5) is 0 Å². The van der Waals surface area contributed by atoms with Crippen LogP contribution in [0.25, 0.3) is 21.8 Å². The summed E-state index contributed by atoms with van der Waals surface area (Å²) in [5, 5.41) is 2.24. The maximum absolute atomic E-state index is 11.1. The number of rotatable bonds is 6. The number of ether oxygens (including phenoxy) is 1. The molecule has 1 amide bonds. The van der Waals surface area contributed by atoms with Crippen LogP contribution >= 0.6 is 0 Å². The zero-order valence-electron chi connectivity index (χ0n) is 15.3. The largest absolute Gasteiger partial charge is 0.492 e. The van der Waals surface area contributed by atoms with Crippen LogP contribution < -0.4 is 10.5 Å². The summed E-state index contributed by atoms with van der Waals surface area (Å²) in [6, 6.07) is 23.0. The second kappa shape index (κ2) is 7.16. The lowest BCUT2D eigenvalue weighted by molar-refractivity contribution is -0.118. The monoisotopic (exact) mass is 358 g/mol. The molecule has 0 saturated carbocycles. The Kier molecular flexibility index (Phi) is 4.55. The van der Waals surface area contributed by atoms with E-state index < -0.39 is 0 Å². The highest BCUT2D eigenvalue weighted by molar-refractivity contribution is 6.11. The number of benzene rings is 3. The van der Waals surface area contributed by atoms with Crippen molar-refractivity contribution in [2.45, 2.75) is 19.9 Å². The second-order valence-electron chi connectivity index (χ2n) is 6.81. The van der Waals surface area contributed by atoms with Crippen molar-refractivity contribution in [3.8, 4) is 5.75 Å². The number of aromatic nitrogens is 1. The predicted octanol–water partition coefficient (Wildman–Crippen LogP) is 4.41. The Morgan fingerprint density at radius 2 is 1.81 bits per heavy atom. The lowest BCUT2D eigenvalue weighted by Gasteiger charge is -2.09. The van der Waals surface area contributed by atoms with E-state index in [0.29, 0.717) is 0 Å². The number of aryl methyl sites for hydroxylation is 1. The molecule has 136 valence electrons.